The van der Waals surface area contributed by atoms with Gasteiger partial charge in [-0.15, -0.1) is 0 Å². The van der Waals surface area contributed by atoms with Crippen molar-refractivity contribution in [1.29, 1.82) is 0 Å². The van der Waals surface area contributed by atoms with E-state index < -0.39 is 0 Å². The molecule has 29 heavy (non-hydrogen) atoms. The number of hydrogen-bond donors (Lipinski definition) is 0. The van der Waals surface area contributed by atoms with Crippen molar-refractivity contribution < 1.29 is 14.3 Å². The van der Waals surface area contributed by atoms with E-state index in [1.165, 1.54) is 16.0 Å². The highest BCUT2D eigenvalue weighted by molar-refractivity contribution is 6.21. The molecule has 4 nitrogen and oxygen atoms in total. The van der Waals surface area contributed by atoms with Gasteiger partial charge in [0.1, 0.15) is 5.75 Å². The van der Waals surface area contributed by atoms with Crippen molar-refractivity contribution in [2.75, 3.05) is 13.2 Å². The van der Waals surface area contributed by atoms with Crippen molar-refractivity contribution in [3.8, 4) is 16.9 Å². The molecule has 0 atom stereocenters. The number of hydrogen-bond acceptors (Lipinski definition) is 3. The third-order valence-electron chi connectivity index (χ3n) is 5.21. The summed E-state index contributed by atoms with van der Waals surface area (Å²) in [7, 11) is 0. The molecule has 0 aliphatic carbocycles. The summed E-state index contributed by atoms with van der Waals surface area (Å²) in [4.78, 5) is 26.1. The lowest BCUT2D eigenvalue weighted by Gasteiger charge is -2.14. The fraction of sp³-hybridized carbons (Fsp3) is 0.200. The Hall–Kier alpha value is -3.40. The number of fused-ring (bicyclic) bond motifs is 1. The molecule has 0 aromatic heterocycles. The maximum atomic E-state index is 12.4. The molecule has 0 saturated heterocycles. The standard InChI is InChI=1S/C25H23NO3/c1-18-9-2-3-12-21(18)19-10-8-11-20(17-19)29-16-7-6-15-26-24(27)22-13-4-5-14-23(22)25(26)28/h2-5,8-14,17H,6-7,15-16H2,1H3. The molecule has 0 spiro atoms. The molecule has 1 heterocycles. The van der Waals surface area contributed by atoms with E-state index in [1.54, 1.807) is 24.3 Å². The summed E-state index contributed by atoms with van der Waals surface area (Å²) in [6.45, 7) is 3.06. The van der Waals surface area contributed by atoms with E-state index in [0.29, 0.717) is 30.7 Å². The number of rotatable bonds is 7. The lowest BCUT2D eigenvalue weighted by Crippen LogP contribution is -2.30. The van der Waals surface area contributed by atoms with E-state index in [1.807, 2.05) is 30.3 Å². The molecule has 4 heteroatoms. The number of imide groups is 1. The van der Waals surface area contributed by atoms with Crippen LogP contribution in [-0.2, 0) is 0 Å². The van der Waals surface area contributed by atoms with E-state index >= 15 is 0 Å². The molecular weight excluding hydrogens is 362 g/mol. The zero-order valence-corrected chi connectivity index (χ0v) is 16.4. The van der Waals surface area contributed by atoms with Crippen molar-refractivity contribution in [2.24, 2.45) is 0 Å². The van der Waals surface area contributed by atoms with Gasteiger partial charge in [-0.05, 0) is 60.7 Å². The van der Waals surface area contributed by atoms with Crippen LogP contribution in [0.4, 0.5) is 0 Å². The van der Waals surface area contributed by atoms with Crippen LogP contribution in [0.2, 0.25) is 0 Å². The van der Waals surface area contributed by atoms with Crippen LogP contribution < -0.4 is 4.74 Å². The number of benzene rings is 3. The van der Waals surface area contributed by atoms with E-state index in [2.05, 4.69) is 25.1 Å². The summed E-state index contributed by atoms with van der Waals surface area (Å²) in [5, 5.41) is 0. The summed E-state index contributed by atoms with van der Waals surface area (Å²) in [5.41, 5.74) is 4.56. The Morgan fingerprint density at radius 3 is 2.10 bits per heavy atom. The Bertz CT molecular complexity index is 1020. The fourth-order valence-electron chi connectivity index (χ4n) is 3.65. The van der Waals surface area contributed by atoms with E-state index in [4.69, 9.17) is 4.74 Å². The highest BCUT2D eigenvalue weighted by Crippen LogP contribution is 2.27. The van der Waals surface area contributed by atoms with Crippen molar-refractivity contribution in [3.05, 3.63) is 89.5 Å². The number of unbranched alkanes of at least 4 members (excludes halogenated alkanes) is 1. The summed E-state index contributed by atoms with van der Waals surface area (Å²) >= 11 is 0. The molecule has 3 aromatic rings. The number of carbonyl (C=O) groups is 2. The second-order valence-electron chi connectivity index (χ2n) is 7.21. The smallest absolute Gasteiger partial charge is 0.261 e. The van der Waals surface area contributed by atoms with Crippen LogP contribution in [0.15, 0.2) is 72.8 Å². The van der Waals surface area contributed by atoms with Gasteiger partial charge in [-0.25, -0.2) is 0 Å². The number of ether oxygens (including phenoxy) is 1. The normalized spacial score (nSPS) is 12.9. The second kappa shape index (κ2) is 8.31. The Balaban J connectivity index is 1.29. The summed E-state index contributed by atoms with van der Waals surface area (Å²) in [6, 6.07) is 23.3. The Morgan fingerprint density at radius 2 is 1.41 bits per heavy atom. The number of aryl methyl sites for hydroxylation is 1. The lowest BCUT2D eigenvalue weighted by atomic mass is 10.0. The van der Waals surface area contributed by atoms with Crippen molar-refractivity contribution in [2.45, 2.75) is 19.8 Å². The second-order valence-corrected chi connectivity index (χ2v) is 7.21. The Labute approximate surface area is 170 Å². The third-order valence-corrected chi connectivity index (χ3v) is 5.21. The SMILES string of the molecule is Cc1ccccc1-c1cccc(OCCCCN2C(=O)c3ccccc3C2=O)c1. The van der Waals surface area contributed by atoms with Gasteiger partial charge >= 0.3 is 0 Å². The molecule has 2 amide bonds. The minimum Gasteiger partial charge on any atom is -0.494 e. The first-order valence-electron chi connectivity index (χ1n) is 9.89. The average molecular weight is 385 g/mol. The minimum atomic E-state index is -0.197. The van der Waals surface area contributed by atoms with Gasteiger partial charge in [0.2, 0.25) is 0 Å². The first-order chi connectivity index (χ1) is 14.1. The molecule has 0 N–H and O–H groups in total. The summed E-state index contributed by atoms with van der Waals surface area (Å²) in [5.74, 6) is 0.432. The highest BCUT2D eigenvalue weighted by Gasteiger charge is 2.34. The first kappa shape index (κ1) is 18.9. The summed E-state index contributed by atoms with van der Waals surface area (Å²) < 4.78 is 5.90. The van der Waals surface area contributed by atoms with E-state index in [0.717, 1.165) is 17.7 Å². The van der Waals surface area contributed by atoms with Gasteiger partial charge in [-0.2, -0.15) is 0 Å². The monoisotopic (exact) mass is 385 g/mol. The van der Waals surface area contributed by atoms with Crippen LogP contribution in [-0.4, -0.2) is 29.9 Å². The number of carbonyl (C=O) groups excluding carboxylic acids is 2. The molecule has 0 fully saturated rings. The predicted octanol–water partition coefficient (Wildman–Crippen LogP) is 5.12. The predicted molar refractivity (Wildman–Crippen MR) is 113 cm³/mol. The van der Waals surface area contributed by atoms with Gasteiger partial charge < -0.3 is 4.74 Å². The molecule has 0 saturated carbocycles. The van der Waals surface area contributed by atoms with Gasteiger partial charge in [0.25, 0.3) is 11.8 Å². The largest absolute Gasteiger partial charge is 0.494 e. The van der Waals surface area contributed by atoms with Crippen LogP contribution in [0, 0.1) is 6.92 Å². The Kier molecular flexibility index (Phi) is 5.43. The summed E-state index contributed by atoms with van der Waals surface area (Å²) in [6.07, 6.45) is 1.48. The van der Waals surface area contributed by atoms with Gasteiger partial charge in [-0.3, -0.25) is 14.5 Å². The molecule has 3 aromatic carbocycles. The van der Waals surface area contributed by atoms with Crippen LogP contribution in [0.1, 0.15) is 39.1 Å². The van der Waals surface area contributed by atoms with Gasteiger partial charge in [0.05, 0.1) is 17.7 Å². The minimum absolute atomic E-state index is 0.197. The van der Waals surface area contributed by atoms with Crippen LogP contribution in [0.5, 0.6) is 5.75 Å². The maximum absolute atomic E-state index is 12.4. The maximum Gasteiger partial charge on any atom is 0.261 e. The van der Waals surface area contributed by atoms with Gasteiger partial charge in [-0.1, -0.05) is 48.5 Å². The molecule has 4 rings (SSSR count). The van der Waals surface area contributed by atoms with E-state index in [-0.39, 0.29) is 11.8 Å². The number of nitrogens with zero attached hydrogens (tertiary/aromatic N) is 1. The first-order valence-corrected chi connectivity index (χ1v) is 9.89. The van der Waals surface area contributed by atoms with Crippen molar-refractivity contribution >= 4 is 11.8 Å². The van der Waals surface area contributed by atoms with Crippen LogP contribution in [0.25, 0.3) is 11.1 Å². The molecule has 1 aliphatic heterocycles. The molecule has 146 valence electrons. The van der Waals surface area contributed by atoms with E-state index in [9.17, 15) is 9.59 Å². The third kappa shape index (κ3) is 3.92. The molecular formula is C25H23NO3. The quantitative estimate of drug-likeness (QED) is 0.419. The zero-order chi connectivity index (χ0) is 20.2. The molecule has 0 bridgehead atoms. The zero-order valence-electron chi connectivity index (χ0n) is 16.4. The highest BCUT2D eigenvalue weighted by atomic mass is 16.5. The number of amides is 2. The fourth-order valence-corrected chi connectivity index (χ4v) is 3.65. The molecule has 1 aliphatic rings. The topological polar surface area (TPSA) is 46.6 Å². The Morgan fingerprint density at radius 1 is 0.759 bits per heavy atom. The average Bonchev–Trinajstić information content (AvgIpc) is 2.99. The molecule has 0 radical (unpaired) electrons. The van der Waals surface area contributed by atoms with Gasteiger partial charge in [0, 0.05) is 6.54 Å². The van der Waals surface area contributed by atoms with Crippen LogP contribution >= 0.6 is 0 Å². The molecule has 0 unspecified atom stereocenters. The van der Waals surface area contributed by atoms with Crippen molar-refractivity contribution in [1.82, 2.24) is 4.90 Å². The van der Waals surface area contributed by atoms with Gasteiger partial charge in [0.15, 0.2) is 0 Å². The van der Waals surface area contributed by atoms with Crippen LogP contribution in [0.3, 0.4) is 0 Å². The van der Waals surface area contributed by atoms with Crippen molar-refractivity contribution in [3.63, 3.8) is 0 Å². The lowest BCUT2D eigenvalue weighted by molar-refractivity contribution is 0.0649.